The normalized spacial score (nSPS) is 9.95. The molecular weight excluding hydrogens is 244 g/mol. The Bertz CT molecular complexity index is 771. The van der Waals surface area contributed by atoms with Crippen LogP contribution in [0.2, 0.25) is 0 Å². The van der Waals surface area contributed by atoms with E-state index in [0.717, 1.165) is 22.4 Å². The second-order valence-electron chi connectivity index (χ2n) is 4.43. The van der Waals surface area contributed by atoms with Crippen molar-refractivity contribution in [1.82, 2.24) is 4.98 Å². The summed E-state index contributed by atoms with van der Waals surface area (Å²) >= 11 is 0. The molecule has 0 unspecified atom stereocenters. The Kier molecular flexibility index (Phi) is 3.26. The zero-order valence-electron chi connectivity index (χ0n) is 10.8. The summed E-state index contributed by atoms with van der Waals surface area (Å²) in [6, 6.07) is 21.7. The zero-order chi connectivity index (χ0) is 13.8. The molecule has 2 nitrogen and oxygen atoms in total. The second kappa shape index (κ2) is 5.38. The summed E-state index contributed by atoms with van der Waals surface area (Å²) in [5.74, 6) is 0. The van der Waals surface area contributed by atoms with E-state index < -0.39 is 0 Å². The first-order chi connectivity index (χ1) is 9.88. The molecule has 1 aromatic heterocycles. The van der Waals surface area contributed by atoms with Gasteiger partial charge in [0.25, 0.3) is 0 Å². The fraction of sp³-hybridized carbons (Fsp3) is 0. The van der Waals surface area contributed by atoms with Gasteiger partial charge < -0.3 is 0 Å². The van der Waals surface area contributed by atoms with E-state index in [1.807, 2.05) is 48.5 Å². The number of rotatable bonds is 2. The summed E-state index contributed by atoms with van der Waals surface area (Å²) in [7, 11) is 0. The number of pyridine rings is 1. The minimum absolute atomic E-state index is 0.632. The van der Waals surface area contributed by atoms with E-state index in [1.54, 1.807) is 6.20 Å². The molecule has 0 amide bonds. The van der Waals surface area contributed by atoms with Crippen molar-refractivity contribution in [2.75, 3.05) is 0 Å². The van der Waals surface area contributed by atoms with E-state index >= 15 is 0 Å². The van der Waals surface area contributed by atoms with Crippen LogP contribution < -0.4 is 0 Å². The van der Waals surface area contributed by atoms with Crippen LogP contribution in [0.4, 0.5) is 5.69 Å². The molecule has 3 rings (SSSR count). The molecule has 94 valence electrons. The van der Waals surface area contributed by atoms with Crippen LogP contribution in [0.3, 0.4) is 0 Å². The van der Waals surface area contributed by atoms with Crippen molar-refractivity contribution in [1.29, 1.82) is 0 Å². The first-order valence-electron chi connectivity index (χ1n) is 6.37. The summed E-state index contributed by atoms with van der Waals surface area (Å²) in [6.45, 7) is 7.13. The highest BCUT2D eigenvalue weighted by Crippen LogP contribution is 2.31. The van der Waals surface area contributed by atoms with Gasteiger partial charge in [0.15, 0.2) is 5.69 Å². The predicted octanol–water partition coefficient (Wildman–Crippen LogP) is 4.97. The lowest BCUT2D eigenvalue weighted by Gasteiger charge is -2.09. The van der Waals surface area contributed by atoms with Crippen molar-refractivity contribution < 1.29 is 0 Å². The summed E-state index contributed by atoms with van der Waals surface area (Å²) < 4.78 is 0. The van der Waals surface area contributed by atoms with Gasteiger partial charge in [-0.05, 0) is 23.3 Å². The van der Waals surface area contributed by atoms with Gasteiger partial charge in [0, 0.05) is 11.8 Å². The number of benzene rings is 2. The van der Waals surface area contributed by atoms with Crippen LogP contribution in [0.1, 0.15) is 0 Å². The number of nitrogens with zero attached hydrogens (tertiary/aromatic N) is 2. The average Bonchev–Trinajstić information content (AvgIpc) is 2.56. The number of hydrogen-bond acceptors (Lipinski definition) is 1. The minimum Gasteiger partial charge on any atom is -0.256 e. The predicted molar refractivity (Wildman–Crippen MR) is 81.4 cm³/mol. The quantitative estimate of drug-likeness (QED) is 0.592. The van der Waals surface area contributed by atoms with Crippen LogP contribution in [0.25, 0.3) is 27.2 Å². The van der Waals surface area contributed by atoms with Crippen molar-refractivity contribution in [3.05, 3.63) is 84.3 Å². The van der Waals surface area contributed by atoms with E-state index in [9.17, 15) is 0 Å². The smallest absolute Gasteiger partial charge is 0.187 e. The Hall–Kier alpha value is -2.92. The lowest BCUT2D eigenvalue weighted by atomic mass is 9.99. The van der Waals surface area contributed by atoms with Crippen LogP contribution in [0.5, 0.6) is 0 Å². The fourth-order valence-electron chi connectivity index (χ4n) is 2.21. The van der Waals surface area contributed by atoms with E-state index in [2.05, 4.69) is 28.0 Å². The molecule has 0 aliphatic heterocycles. The van der Waals surface area contributed by atoms with Crippen LogP contribution in [0, 0.1) is 6.57 Å². The zero-order valence-corrected chi connectivity index (χ0v) is 10.8. The summed E-state index contributed by atoms with van der Waals surface area (Å²) in [5.41, 5.74) is 4.72. The van der Waals surface area contributed by atoms with Crippen LogP contribution >= 0.6 is 0 Å². The third-order valence-corrected chi connectivity index (χ3v) is 3.14. The molecule has 0 N–H and O–H groups in total. The SMILES string of the molecule is [C-]#[N+]c1cccc(-c2ncccc2-c2ccccc2)c1. The molecule has 2 heteroatoms. The Morgan fingerprint density at radius 1 is 0.800 bits per heavy atom. The molecule has 0 saturated carbocycles. The van der Waals surface area contributed by atoms with Gasteiger partial charge in [-0.15, -0.1) is 0 Å². The highest BCUT2D eigenvalue weighted by Gasteiger charge is 2.08. The van der Waals surface area contributed by atoms with Crippen LogP contribution in [-0.4, -0.2) is 4.98 Å². The van der Waals surface area contributed by atoms with Gasteiger partial charge >= 0.3 is 0 Å². The lowest BCUT2D eigenvalue weighted by Crippen LogP contribution is -1.88. The molecule has 0 atom stereocenters. The van der Waals surface area contributed by atoms with Crippen molar-refractivity contribution >= 4 is 5.69 Å². The molecule has 0 aliphatic rings. The van der Waals surface area contributed by atoms with Gasteiger partial charge in [0.2, 0.25) is 0 Å². The maximum absolute atomic E-state index is 7.13. The third-order valence-electron chi connectivity index (χ3n) is 3.14. The molecule has 20 heavy (non-hydrogen) atoms. The average molecular weight is 256 g/mol. The second-order valence-corrected chi connectivity index (χ2v) is 4.43. The first-order valence-corrected chi connectivity index (χ1v) is 6.37. The summed E-state index contributed by atoms with van der Waals surface area (Å²) in [5, 5.41) is 0. The summed E-state index contributed by atoms with van der Waals surface area (Å²) in [6.07, 6.45) is 1.78. The molecule has 0 fully saturated rings. The van der Waals surface area contributed by atoms with Gasteiger partial charge in [-0.2, -0.15) is 0 Å². The first kappa shape index (κ1) is 12.1. The molecule has 0 saturated heterocycles. The minimum atomic E-state index is 0.632. The Morgan fingerprint density at radius 2 is 1.60 bits per heavy atom. The van der Waals surface area contributed by atoms with E-state index in [1.165, 1.54) is 0 Å². The van der Waals surface area contributed by atoms with Gasteiger partial charge in [-0.3, -0.25) is 4.98 Å². The lowest BCUT2D eigenvalue weighted by molar-refractivity contribution is 1.33. The highest BCUT2D eigenvalue weighted by molar-refractivity contribution is 5.81. The molecule has 0 spiro atoms. The molecule has 0 bridgehead atoms. The molecule has 3 aromatic rings. The van der Waals surface area contributed by atoms with Gasteiger partial charge in [-0.1, -0.05) is 54.6 Å². The Balaban J connectivity index is 2.18. The van der Waals surface area contributed by atoms with Crippen LogP contribution in [0.15, 0.2) is 72.9 Å². The molecule has 0 aliphatic carbocycles. The maximum atomic E-state index is 7.13. The van der Waals surface area contributed by atoms with Crippen molar-refractivity contribution in [2.24, 2.45) is 0 Å². The third kappa shape index (κ3) is 2.30. The van der Waals surface area contributed by atoms with E-state index in [0.29, 0.717) is 5.69 Å². The Morgan fingerprint density at radius 3 is 2.40 bits per heavy atom. The van der Waals surface area contributed by atoms with Gasteiger partial charge in [0.1, 0.15) is 0 Å². The molecule has 0 radical (unpaired) electrons. The van der Waals surface area contributed by atoms with E-state index in [4.69, 9.17) is 6.57 Å². The number of hydrogen-bond donors (Lipinski definition) is 0. The summed E-state index contributed by atoms with van der Waals surface area (Å²) in [4.78, 5) is 7.98. The maximum Gasteiger partial charge on any atom is 0.187 e. The van der Waals surface area contributed by atoms with Crippen molar-refractivity contribution in [3.63, 3.8) is 0 Å². The number of aromatic nitrogens is 1. The van der Waals surface area contributed by atoms with Gasteiger partial charge in [-0.25, -0.2) is 4.85 Å². The largest absolute Gasteiger partial charge is 0.256 e. The molecule has 1 heterocycles. The highest BCUT2D eigenvalue weighted by atomic mass is 14.7. The molecular formula is C18H12N2. The standard InChI is InChI=1S/C18H12N2/c1-19-16-10-5-9-15(13-16)18-17(11-6-12-20-18)14-7-3-2-4-8-14/h2-13H. The van der Waals surface area contributed by atoms with E-state index in [-0.39, 0.29) is 0 Å². The fourth-order valence-corrected chi connectivity index (χ4v) is 2.21. The van der Waals surface area contributed by atoms with Crippen molar-refractivity contribution in [3.8, 4) is 22.4 Å². The van der Waals surface area contributed by atoms with Crippen molar-refractivity contribution in [2.45, 2.75) is 0 Å². The monoisotopic (exact) mass is 256 g/mol. The van der Waals surface area contributed by atoms with Gasteiger partial charge in [0.05, 0.1) is 12.3 Å². The Labute approximate surface area is 118 Å². The molecule has 2 aromatic carbocycles. The van der Waals surface area contributed by atoms with Crippen LogP contribution in [-0.2, 0) is 0 Å². The topological polar surface area (TPSA) is 17.2 Å².